The number of halogens is 1. The van der Waals surface area contributed by atoms with Gasteiger partial charge in [-0.05, 0) is 30.4 Å². The summed E-state index contributed by atoms with van der Waals surface area (Å²) in [6.07, 6.45) is 2.34. The highest BCUT2D eigenvalue weighted by Gasteiger charge is 2.29. The largest absolute Gasteiger partial charge is 0.451 e. The molecular formula is C22H25ClN2O2S. The Morgan fingerprint density at radius 2 is 1.82 bits per heavy atom. The second-order valence-corrected chi connectivity index (χ2v) is 8.08. The van der Waals surface area contributed by atoms with Crippen molar-refractivity contribution in [3.8, 4) is 0 Å². The molecule has 1 heterocycles. The van der Waals surface area contributed by atoms with Crippen LogP contribution in [0.5, 0.6) is 0 Å². The van der Waals surface area contributed by atoms with Gasteiger partial charge in [-0.15, -0.1) is 12.4 Å². The summed E-state index contributed by atoms with van der Waals surface area (Å²) in [5, 5.41) is 3.97. The van der Waals surface area contributed by atoms with Crippen molar-refractivity contribution < 1.29 is 9.21 Å². The topological polar surface area (TPSA) is 68.3 Å². The average molecular weight is 417 g/mol. The lowest BCUT2D eigenvalue weighted by Gasteiger charge is -2.11. The minimum absolute atomic E-state index is 0. The van der Waals surface area contributed by atoms with E-state index in [2.05, 4.69) is 17.4 Å². The van der Waals surface area contributed by atoms with Crippen molar-refractivity contribution >= 4 is 41.0 Å². The Kier molecular flexibility index (Phi) is 7.05. The van der Waals surface area contributed by atoms with E-state index in [-0.39, 0.29) is 24.4 Å². The van der Waals surface area contributed by atoms with Crippen molar-refractivity contribution in [2.24, 2.45) is 11.7 Å². The third-order valence-electron chi connectivity index (χ3n) is 4.99. The molecule has 2 aromatic carbocycles. The molecule has 1 amide bonds. The number of hydrogen-bond donors (Lipinski definition) is 2. The summed E-state index contributed by atoms with van der Waals surface area (Å²) in [4.78, 5) is 12.7. The van der Waals surface area contributed by atoms with Crippen molar-refractivity contribution in [2.75, 3.05) is 6.54 Å². The summed E-state index contributed by atoms with van der Waals surface area (Å²) in [5.41, 5.74) is 9.10. The molecule has 1 saturated carbocycles. The first-order valence-electron chi connectivity index (χ1n) is 9.38. The molecule has 1 atom stereocenters. The standard InChI is InChI=1S/C22H24N2O2S.ClH/c23-19(16-10-11-16)12-24-22(25)21-18(17-8-4-5-9-20(17)26-21)14-27-13-15-6-2-1-3-7-15;/h1-9,16,19H,10-14,23H2,(H,24,25);1H. The van der Waals surface area contributed by atoms with Crippen LogP contribution in [-0.2, 0) is 11.5 Å². The Bertz CT molecular complexity index is 925. The first-order valence-corrected chi connectivity index (χ1v) is 10.5. The summed E-state index contributed by atoms with van der Waals surface area (Å²) in [5.74, 6) is 2.43. The molecule has 0 spiro atoms. The lowest BCUT2D eigenvalue weighted by Crippen LogP contribution is -2.38. The minimum Gasteiger partial charge on any atom is -0.451 e. The molecule has 0 saturated heterocycles. The molecule has 0 bridgehead atoms. The maximum Gasteiger partial charge on any atom is 0.287 e. The fraction of sp³-hybridized carbons (Fsp3) is 0.318. The zero-order chi connectivity index (χ0) is 18.6. The van der Waals surface area contributed by atoms with Gasteiger partial charge < -0.3 is 15.5 Å². The number of carbonyl (C=O) groups excluding carboxylic acids is 1. The van der Waals surface area contributed by atoms with E-state index in [4.69, 9.17) is 10.2 Å². The first kappa shape index (κ1) is 20.8. The molecule has 4 nitrogen and oxygen atoms in total. The Morgan fingerprint density at radius 3 is 2.57 bits per heavy atom. The monoisotopic (exact) mass is 416 g/mol. The molecule has 1 aromatic heterocycles. The molecule has 4 rings (SSSR count). The predicted octanol–water partition coefficient (Wildman–Crippen LogP) is 4.76. The van der Waals surface area contributed by atoms with Gasteiger partial charge in [0, 0.05) is 35.0 Å². The quantitative estimate of drug-likeness (QED) is 0.555. The highest BCUT2D eigenvalue weighted by Crippen LogP contribution is 2.32. The molecular weight excluding hydrogens is 392 g/mol. The third kappa shape index (κ3) is 4.90. The molecule has 0 radical (unpaired) electrons. The van der Waals surface area contributed by atoms with Crippen molar-refractivity contribution in [2.45, 2.75) is 30.4 Å². The van der Waals surface area contributed by atoms with Gasteiger partial charge in [-0.3, -0.25) is 4.79 Å². The number of furan rings is 1. The summed E-state index contributed by atoms with van der Waals surface area (Å²) < 4.78 is 5.91. The van der Waals surface area contributed by atoms with Crippen molar-refractivity contribution in [3.63, 3.8) is 0 Å². The van der Waals surface area contributed by atoms with Gasteiger partial charge in [0.15, 0.2) is 5.76 Å². The normalized spacial score (nSPS) is 14.5. The van der Waals surface area contributed by atoms with Crippen LogP contribution < -0.4 is 11.1 Å². The van der Waals surface area contributed by atoms with Crippen LogP contribution in [0.2, 0.25) is 0 Å². The van der Waals surface area contributed by atoms with E-state index in [0.29, 0.717) is 18.2 Å². The molecule has 6 heteroatoms. The Morgan fingerprint density at radius 1 is 1.11 bits per heavy atom. The van der Waals surface area contributed by atoms with E-state index in [9.17, 15) is 4.79 Å². The average Bonchev–Trinajstić information content (AvgIpc) is 3.49. The third-order valence-corrected chi connectivity index (χ3v) is 6.02. The molecule has 1 aliphatic carbocycles. The summed E-state index contributed by atoms with van der Waals surface area (Å²) >= 11 is 1.79. The summed E-state index contributed by atoms with van der Waals surface area (Å²) in [6, 6.07) is 18.2. The number of para-hydroxylation sites is 1. The number of carbonyl (C=O) groups is 1. The van der Waals surface area contributed by atoms with Crippen molar-refractivity contribution in [3.05, 3.63) is 71.5 Å². The van der Waals surface area contributed by atoms with Gasteiger partial charge in [0.05, 0.1) is 0 Å². The zero-order valence-electron chi connectivity index (χ0n) is 15.6. The van der Waals surface area contributed by atoms with Gasteiger partial charge >= 0.3 is 0 Å². The lowest BCUT2D eigenvalue weighted by molar-refractivity contribution is 0.0924. The van der Waals surface area contributed by atoms with Gasteiger partial charge in [-0.25, -0.2) is 0 Å². The van der Waals surface area contributed by atoms with Crippen molar-refractivity contribution in [1.82, 2.24) is 5.32 Å². The Balaban J connectivity index is 0.00000225. The number of amides is 1. The minimum atomic E-state index is -0.169. The van der Waals surface area contributed by atoms with Crippen LogP contribution in [0.25, 0.3) is 11.0 Å². The number of benzene rings is 2. The van der Waals surface area contributed by atoms with E-state index < -0.39 is 0 Å². The molecule has 3 N–H and O–H groups in total. The maximum atomic E-state index is 12.7. The van der Waals surface area contributed by atoms with Crippen LogP contribution in [0.15, 0.2) is 59.0 Å². The van der Waals surface area contributed by atoms with Crippen molar-refractivity contribution in [1.29, 1.82) is 0 Å². The predicted molar refractivity (Wildman–Crippen MR) is 118 cm³/mol. The van der Waals surface area contributed by atoms with Gasteiger partial charge in [-0.1, -0.05) is 48.5 Å². The van der Waals surface area contributed by atoms with E-state index >= 15 is 0 Å². The second-order valence-electron chi connectivity index (χ2n) is 7.10. The highest BCUT2D eigenvalue weighted by atomic mass is 35.5. The molecule has 1 fully saturated rings. The van der Waals surface area contributed by atoms with Crippen LogP contribution in [0.4, 0.5) is 0 Å². The fourth-order valence-electron chi connectivity index (χ4n) is 3.25. The smallest absolute Gasteiger partial charge is 0.287 e. The van der Waals surface area contributed by atoms with Gasteiger partial charge in [0.1, 0.15) is 5.58 Å². The maximum absolute atomic E-state index is 12.7. The molecule has 1 unspecified atom stereocenters. The zero-order valence-corrected chi connectivity index (χ0v) is 17.2. The molecule has 28 heavy (non-hydrogen) atoms. The van der Waals surface area contributed by atoms with E-state index in [1.165, 1.54) is 18.4 Å². The van der Waals surface area contributed by atoms with Crippen LogP contribution in [0.3, 0.4) is 0 Å². The highest BCUT2D eigenvalue weighted by molar-refractivity contribution is 7.97. The number of thioether (sulfide) groups is 1. The number of fused-ring (bicyclic) bond motifs is 1. The van der Waals surface area contributed by atoms with Crippen LogP contribution in [0.1, 0.15) is 34.5 Å². The number of rotatable bonds is 8. The van der Waals surface area contributed by atoms with Crippen LogP contribution in [-0.4, -0.2) is 18.5 Å². The molecule has 1 aliphatic rings. The van der Waals surface area contributed by atoms with Crippen LogP contribution >= 0.6 is 24.2 Å². The second kappa shape index (κ2) is 9.50. The molecule has 3 aromatic rings. The Hall–Kier alpha value is -1.95. The Labute approximate surface area is 175 Å². The SMILES string of the molecule is Cl.NC(CNC(=O)c1oc2ccccc2c1CSCc1ccccc1)C1CC1. The van der Waals surface area contributed by atoms with Gasteiger partial charge in [0.25, 0.3) is 5.91 Å². The van der Waals surface area contributed by atoms with E-state index in [0.717, 1.165) is 28.0 Å². The lowest BCUT2D eigenvalue weighted by atomic mass is 10.1. The molecule has 148 valence electrons. The number of nitrogens with one attached hydrogen (secondary N) is 1. The van der Waals surface area contributed by atoms with Crippen LogP contribution in [0, 0.1) is 5.92 Å². The summed E-state index contributed by atoms with van der Waals surface area (Å²) in [7, 11) is 0. The molecule has 0 aliphatic heterocycles. The number of nitrogens with two attached hydrogens (primary N) is 1. The first-order chi connectivity index (χ1) is 13.2. The van der Waals surface area contributed by atoms with E-state index in [1.807, 2.05) is 42.5 Å². The van der Waals surface area contributed by atoms with Gasteiger partial charge in [-0.2, -0.15) is 11.8 Å². The van der Waals surface area contributed by atoms with E-state index in [1.54, 1.807) is 11.8 Å². The summed E-state index contributed by atoms with van der Waals surface area (Å²) in [6.45, 7) is 0.497. The fourth-order valence-corrected chi connectivity index (χ4v) is 4.27. The number of hydrogen-bond acceptors (Lipinski definition) is 4. The van der Waals surface area contributed by atoms with Gasteiger partial charge in [0.2, 0.25) is 0 Å².